The Bertz CT molecular complexity index is 862. The van der Waals surface area contributed by atoms with Crippen LogP contribution in [-0.2, 0) is 4.79 Å². The summed E-state index contributed by atoms with van der Waals surface area (Å²) in [5, 5.41) is 0. The van der Waals surface area contributed by atoms with Gasteiger partial charge < -0.3 is 4.90 Å². The van der Waals surface area contributed by atoms with Gasteiger partial charge in [0.2, 0.25) is 5.91 Å². The fraction of sp³-hybridized carbons (Fsp3) is 0.381. The van der Waals surface area contributed by atoms with Crippen LogP contribution < -0.4 is 0 Å². The molecule has 0 unspecified atom stereocenters. The largest absolute Gasteiger partial charge is 0.336 e. The number of carbonyl (C=O) groups excluding carboxylic acids is 1. The van der Waals surface area contributed by atoms with Gasteiger partial charge in [0.1, 0.15) is 11.6 Å². The van der Waals surface area contributed by atoms with E-state index >= 15 is 0 Å². The minimum atomic E-state index is -2.84. The second kappa shape index (κ2) is 6.66. The van der Waals surface area contributed by atoms with Crippen LogP contribution in [0.1, 0.15) is 30.7 Å². The number of likely N-dealkylation sites (tertiary alicyclic amines) is 1. The maximum absolute atomic E-state index is 14.2. The normalized spacial score (nSPS) is 23.9. The molecule has 2 atom stereocenters. The number of benzene rings is 2. The molecule has 2 aromatic carbocycles. The molecule has 1 heterocycles. The monoisotopic (exact) mass is 377 g/mol. The van der Waals surface area contributed by atoms with Gasteiger partial charge in [-0.3, -0.25) is 4.79 Å². The molecule has 0 N–H and O–H groups in total. The van der Waals surface area contributed by atoms with Crippen LogP contribution >= 0.6 is 0 Å². The maximum Gasteiger partial charge on any atom is 0.265 e. The van der Waals surface area contributed by atoms with Crippen LogP contribution in [0.15, 0.2) is 42.5 Å². The fourth-order valence-electron chi connectivity index (χ4n) is 4.00. The first kappa shape index (κ1) is 18.0. The third-order valence-electron chi connectivity index (χ3n) is 5.40. The molecule has 2 aromatic rings. The summed E-state index contributed by atoms with van der Waals surface area (Å²) in [5.74, 6) is -5.07. The number of nitrogens with zero attached hydrogens (tertiary/aromatic N) is 1. The van der Waals surface area contributed by atoms with Gasteiger partial charge in [-0.05, 0) is 42.0 Å². The number of carbonyl (C=O) groups is 1. The van der Waals surface area contributed by atoms with E-state index < -0.39 is 30.0 Å². The van der Waals surface area contributed by atoms with Gasteiger partial charge in [0.15, 0.2) is 0 Å². The zero-order valence-corrected chi connectivity index (χ0v) is 14.6. The van der Waals surface area contributed by atoms with Crippen LogP contribution in [-0.4, -0.2) is 29.8 Å². The van der Waals surface area contributed by atoms with E-state index in [-0.39, 0.29) is 30.2 Å². The highest BCUT2D eigenvalue weighted by molar-refractivity contribution is 5.84. The van der Waals surface area contributed by atoms with Gasteiger partial charge in [0.05, 0.1) is 12.1 Å². The number of rotatable bonds is 3. The zero-order chi connectivity index (χ0) is 19.2. The average molecular weight is 377 g/mol. The highest BCUT2D eigenvalue weighted by atomic mass is 19.3. The molecular formula is C21H19F4NO. The first-order valence-corrected chi connectivity index (χ1v) is 9.07. The lowest BCUT2D eigenvalue weighted by atomic mass is 9.95. The number of hydrogen-bond donors (Lipinski definition) is 0. The summed E-state index contributed by atoms with van der Waals surface area (Å²) >= 11 is 0. The van der Waals surface area contributed by atoms with Crippen molar-refractivity contribution in [1.29, 1.82) is 0 Å². The molecule has 1 saturated carbocycles. The molecule has 2 aliphatic rings. The minimum absolute atomic E-state index is 0.115. The summed E-state index contributed by atoms with van der Waals surface area (Å²) in [6, 6.07) is 10.5. The summed E-state index contributed by atoms with van der Waals surface area (Å²) in [6.45, 7) is -0.208. The van der Waals surface area contributed by atoms with Crippen molar-refractivity contribution in [2.75, 3.05) is 13.1 Å². The van der Waals surface area contributed by atoms with Crippen LogP contribution in [0.4, 0.5) is 17.6 Å². The number of hydrogen-bond acceptors (Lipinski definition) is 1. The van der Waals surface area contributed by atoms with E-state index in [0.29, 0.717) is 24.1 Å². The molecule has 1 amide bonds. The molecule has 0 bridgehead atoms. The highest BCUT2D eigenvalue weighted by Gasteiger charge is 2.49. The Labute approximate surface area is 154 Å². The smallest absolute Gasteiger partial charge is 0.265 e. The van der Waals surface area contributed by atoms with Gasteiger partial charge in [-0.2, -0.15) is 0 Å². The summed E-state index contributed by atoms with van der Waals surface area (Å²) < 4.78 is 55.7. The highest BCUT2D eigenvalue weighted by Crippen LogP contribution is 2.52. The summed E-state index contributed by atoms with van der Waals surface area (Å²) in [7, 11) is 0. The van der Waals surface area contributed by atoms with Gasteiger partial charge in [-0.1, -0.05) is 30.3 Å². The van der Waals surface area contributed by atoms with Gasteiger partial charge in [-0.25, -0.2) is 17.6 Å². The zero-order valence-electron chi connectivity index (χ0n) is 14.6. The first-order chi connectivity index (χ1) is 12.9. The molecule has 0 radical (unpaired) electrons. The number of alkyl halides is 2. The Kier molecular flexibility index (Phi) is 4.44. The number of amides is 1. The number of halogens is 4. The average Bonchev–Trinajstić information content (AvgIpc) is 3.41. The Morgan fingerprint density at radius 3 is 2.44 bits per heavy atom. The van der Waals surface area contributed by atoms with Crippen LogP contribution in [0.5, 0.6) is 0 Å². The van der Waals surface area contributed by atoms with Crippen molar-refractivity contribution < 1.29 is 22.4 Å². The molecule has 142 valence electrons. The SMILES string of the molecule is O=C([C@@H]1C[C@H]1c1ccccc1-c1c(F)cccc1F)N1CCCC(F)(F)C1. The molecule has 1 aliphatic carbocycles. The Hall–Kier alpha value is -2.37. The van der Waals surface area contributed by atoms with E-state index in [0.717, 1.165) is 0 Å². The Morgan fingerprint density at radius 2 is 1.74 bits per heavy atom. The number of piperidine rings is 1. The topological polar surface area (TPSA) is 20.3 Å². The van der Waals surface area contributed by atoms with E-state index in [1.54, 1.807) is 24.3 Å². The van der Waals surface area contributed by atoms with Crippen molar-refractivity contribution in [2.24, 2.45) is 5.92 Å². The Balaban J connectivity index is 1.59. The lowest BCUT2D eigenvalue weighted by Gasteiger charge is -2.32. The maximum atomic E-state index is 14.2. The van der Waals surface area contributed by atoms with Gasteiger partial charge >= 0.3 is 0 Å². The van der Waals surface area contributed by atoms with Crippen LogP contribution in [0, 0.1) is 17.6 Å². The second-order valence-corrected chi connectivity index (χ2v) is 7.35. The van der Waals surface area contributed by atoms with E-state index in [9.17, 15) is 22.4 Å². The van der Waals surface area contributed by atoms with Gasteiger partial charge in [-0.15, -0.1) is 0 Å². The van der Waals surface area contributed by atoms with Crippen molar-refractivity contribution >= 4 is 5.91 Å². The molecule has 4 rings (SSSR count). The molecule has 27 heavy (non-hydrogen) atoms. The molecule has 2 fully saturated rings. The standard InChI is InChI=1S/C21H19F4NO/c22-17-7-3-8-18(23)19(17)14-6-2-1-5-13(14)15-11-16(15)20(27)26-10-4-9-21(24,25)12-26/h1-3,5-8,15-16H,4,9-12H2/t15-,16+/m0/s1. The second-order valence-electron chi connectivity index (χ2n) is 7.35. The molecule has 0 aromatic heterocycles. The third-order valence-corrected chi connectivity index (χ3v) is 5.40. The summed E-state index contributed by atoms with van der Waals surface area (Å²) in [4.78, 5) is 13.9. The predicted molar refractivity (Wildman–Crippen MR) is 93.4 cm³/mol. The minimum Gasteiger partial charge on any atom is -0.336 e. The molecule has 1 aliphatic heterocycles. The van der Waals surface area contributed by atoms with Crippen molar-refractivity contribution in [1.82, 2.24) is 4.90 Å². The van der Waals surface area contributed by atoms with E-state index in [1.807, 2.05) is 0 Å². The van der Waals surface area contributed by atoms with Gasteiger partial charge in [0.25, 0.3) is 5.92 Å². The predicted octanol–water partition coefficient (Wildman–Crippen LogP) is 4.99. The van der Waals surface area contributed by atoms with Crippen LogP contribution in [0.25, 0.3) is 11.1 Å². The van der Waals surface area contributed by atoms with Crippen molar-refractivity contribution in [2.45, 2.75) is 31.1 Å². The van der Waals surface area contributed by atoms with Gasteiger partial charge in [0, 0.05) is 18.9 Å². The molecular weight excluding hydrogens is 358 g/mol. The van der Waals surface area contributed by atoms with E-state index in [1.165, 1.54) is 23.1 Å². The lowest BCUT2D eigenvalue weighted by Crippen LogP contribution is -2.46. The quantitative estimate of drug-likeness (QED) is 0.690. The molecule has 2 nitrogen and oxygen atoms in total. The van der Waals surface area contributed by atoms with E-state index in [4.69, 9.17) is 0 Å². The third kappa shape index (κ3) is 3.45. The molecule has 0 spiro atoms. The fourth-order valence-corrected chi connectivity index (χ4v) is 4.00. The van der Waals surface area contributed by atoms with E-state index in [2.05, 4.69) is 0 Å². The summed E-state index contributed by atoms with van der Waals surface area (Å²) in [5.41, 5.74) is 0.983. The molecule has 1 saturated heterocycles. The van der Waals surface area contributed by atoms with Crippen molar-refractivity contribution in [3.05, 3.63) is 59.7 Å². The van der Waals surface area contributed by atoms with Crippen LogP contribution in [0.3, 0.4) is 0 Å². The summed E-state index contributed by atoms with van der Waals surface area (Å²) in [6.07, 6.45) is 0.599. The van der Waals surface area contributed by atoms with Crippen molar-refractivity contribution in [3.8, 4) is 11.1 Å². The van der Waals surface area contributed by atoms with Crippen molar-refractivity contribution in [3.63, 3.8) is 0 Å². The van der Waals surface area contributed by atoms with Crippen LogP contribution in [0.2, 0.25) is 0 Å². The Morgan fingerprint density at radius 1 is 1.04 bits per heavy atom. The molecule has 6 heteroatoms. The lowest BCUT2D eigenvalue weighted by molar-refractivity contribution is -0.143. The first-order valence-electron chi connectivity index (χ1n) is 9.07.